The van der Waals surface area contributed by atoms with Gasteiger partial charge in [0.2, 0.25) is 0 Å². The van der Waals surface area contributed by atoms with Crippen molar-refractivity contribution in [1.82, 2.24) is 15.0 Å². The van der Waals surface area contributed by atoms with Gasteiger partial charge in [-0.2, -0.15) is 0 Å². The Bertz CT molecular complexity index is 892. The molecule has 0 aliphatic heterocycles. The van der Waals surface area contributed by atoms with Crippen LogP contribution in [0.15, 0.2) is 48.7 Å². The Morgan fingerprint density at radius 2 is 2.00 bits per heavy atom. The van der Waals surface area contributed by atoms with Crippen LogP contribution in [0.1, 0.15) is 10.4 Å². The number of aromatic nitrogens is 3. The number of rotatable bonds is 4. The maximum atomic E-state index is 11.6. The summed E-state index contributed by atoms with van der Waals surface area (Å²) in [5.74, 6) is 0.261. The van der Waals surface area contributed by atoms with E-state index in [0.29, 0.717) is 27.7 Å². The number of halogens is 1. The van der Waals surface area contributed by atoms with E-state index in [-0.39, 0.29) is 0 Å². The van der Waals surface area contributed by atoms with Gasteiger partial charge in [-0.1, -0.05) is 22.9 Å². The number of esters is 1. The lowest BCUT2D eigenvalue weighted by molar-refractivity contribution is 0.0600. The summed E-state index contributed by atoms with van der Waals surface area (Å²) in [7, 11) is 2.92. The summed E-state index contributed by atoms with van der Waals surface area (Å²) in [6.07, 6.45) is 1.74. The lowest BCUT2D eigenvalue weighted by Crippen LogP contribution is -2.03. The molecule has 7 heteroatoms. The molecule has 0 aliphatic carbocycles. The van der Waals surface area contributed by atoms with Crippen molar-refractivity contribution < 1.29 is 14.3 Å². The second-order valence-corrected chi connectivity index (χ2v) is 5.34. The molecule has 24 heavy (non-hydrogen) atoms. The van der Waals surface area contributed by atoms with Gasteiger partial charge in [-0.25, -0.2) is 9.48 Å². The molecule has 0 aliphatic rings. The molecular formula is C17H14ClN3O3. The minimum absolute atomic E-state index is 0.407. The summed E-state index contributed by atoms with van der Waals surface area (Å²) >= 11 is 6.27. The van der Waals surface area contributed by atoms with Crippen molar-refractivity contribution in [1.29, 1.82) is 0 Å². The average molecular weight is 344 g/mol. The minimum atomic E-state index is -0.407. The van der Waals surface area contributed by atoms with Gasteiger partial charge in [0.15, 0.2) is 0 Å². The van der Waals surface area contributed by atoms with Crippen LogP contribution in [-0.4, -0.2) is 35.2 Å². The van der Waals surface area contributed by atoms with Crippen LogP contribution in [0.3, 0.4) is 0 Å². The number of ether oxygens (including phenoxy) is 2. The summed E-state index contributed by atoms with van der Waals surface area (Å²) in [5.41, 5.74) is 2.50. The highest BCUT2D eigenvalue weighted by Crippen LogP contribution is 2.30. The molecule has 0 amide bonds. The molecule has 122 valence electrons. The molecule has 0 bridgehead atoms. The van der Waals surface area contributed by atoms with Crippen molar-refractivity contribution in [2.24, 2.45) is 0 Å². The second kappa shape index (κ2) is 6.72. The molecule has 2 aromatic carbocycles. The van der Waals surface area contributed by atoms with Crippen LogP contribution in [0.2, 0.25) is 5.02 Å². The van der Waals surface area contributed by atoms with Gasteiger partial charge in [0.1, 0.15) is 11.4 Å². The topological polar surface area (TPSA) is 66.2 Å². The van der Waals surface area contributed by atoms with Crippen molar-refractivity contribution in [2.45, 2.75) is 0 Å². The average Bonchev–Trinajstić information content (AvgIpc) is 3.10. The summed E-state index contributed by atoms with van der Waals surface area (Å²) in [5, 5.41) is 8.76. The maximum Gasteiger partial charge on any atom is 0.337 e. The van der Waals surface area contributed by atoms with Crippen molar-refractivity contribution >= 4 is 17.6 Å². The Morgan fingerprint density at radius 1 is 1.17 bits per heavy atom. The molecule has 0 spiro atoms. The standard InChI is InChI=1S/C17H14ClN3O3/c1-23-13-6-7-14(15(18)9-13)16-10-21(20-19-16)12-5-3-4-11(8-12)17(22)24-2/h3-10H,1-2H3. The summed E-state index contributed by atoms with van der Waals surface area (Å²) in [6.45, 7) is 0. The molecule has 6 nitrogen and oxygen atoms in total. The van der Waals surface area contributed by atoms with Crippen LogP contribution < -0.4 is 4.74 Å². The third-order valence-electron chi connectivity index (χ3n) is 3.48. The van der Waals surface area contributed by atoms with E-state index in [1.54, 1.807) is 48.3 Å². The first kappa shape index (κ1) is 16.0. The zero-order chi connectivity index (χ0) is 17.1. The molecule has 1 aromatic heterocycles. The van der Waals surface area contributed by atoms with E-state index in [2.05, 4.69) is 10.3 Å². The number of hydrogen-bond donors (Lipinski definition) is 0. The predicted molar refractivity (Wildman–Crippen MR) is 89.7 cm³/mol. The Kier molecular flexibility index (Phi) is 4.48. The SMILES string of the molecule is COC(=O)c1cccc(-n2cc(-c3ccc(OC)cc3Cl)nn2)c1. The van der Waals surface area contributed by atoms with Crippen molar-refractivity contribution in [3.8, 4) is 22.7 Å². The summed E-state index contributed by atoms with van der Waals surface area (Å²) < 4.78 is 11.4. The summed E-state index contributed by atoms with van der Waals surface area (Å²) in [6, 6.07) is 12.3. The Hall–Kier alpha value is -2.86. The third kappa shape index (κ3) is 3.09. The predicted octanol–water partition coefficient (Wildman–Crippen LogP) is 3.38. The highest BCUT2D eigenvalue weighted by Gasteiger charge is 2.11. The molecule has 0 saturated heterocycles. The molecule has 0 unspecified atom stereocenters. The van der Waals surface area contributed by atoms with Crippen molar-refractivity contribution in [3.05, 3.63) is 59.2 Å². The van der Waals surface area contributed by atoms with E-state index >= 15 is 0 Å². The lowest BCUT2D eigenvalue weighted by Gasteiger charge is -2.04. The monoisotopic (exact) mass is 343 g/mol. The lowest BCUT2D eigenvalue weighted by atomic mass is 10.1. The summed E-state index contributed by atoms with van der Waals surface area (Å²) in [4.78, 5) is 11.6. The minimum Gasteiger partial charge on any atom is -0.497 e. The number of benzene rings is 2. The largest absolute Gasteiger partial charge is 0.497 e. The van der Waals surface area contributed by atoms with Crippen LogP contribution in [0, 0.1) is 0 Å². The van der Waals surface area contributed by atoms with Crippen LogP contribution >= 0.6 is 11.6 Å². The van der Waals surface area contributed by atoms with E-state index in [0.717, 1.165) is 5.56 Å². The van der Waals surface area contributed by atoms with Crippen molar-refractivity contribution in [2.75, 3.05) is 14.2 Å². The van der Waals surface area contributed by atoms with Gasteiger partial charge in [0.05, 0.1) is 36.7 Å². The van der Waals surface area contributed by atoms with Gasteiger partial charge in [-0.05, 0) is 36.4 Å². The van der Waals surface area contributed by atoms with Gasteiger partial charge < -0.3 is 9.47 Å². The molecule has 0 fully saturated rings. The normalized spacial score (nSPS) is 10.5. The fraction of sp³-hybridized carbons (Fsp3) is 0.118. The van der Waals surface area contributed by atoms with Crippen LogP contribution in [0.25, 0.3) is 16.9 Å². The van der Waals surface area contributed by atoms with Gasteiger partial charge in [0, 0.05) is 5.56 Å². The highest BCUT2D eigenvalue weighted by molar-refractivity contribution is 6.33. The smallest absolute Gasteiger partial charge is 0.337 e. The second-order valence-electron chi connectivity index (χ2n) is 4.94. The van der Waals surface area contributed by atoms with E-state index in [9.17, 15) is 4.79 Å². The first-order chi connectivity index (χ1) is 11.6. The van der Waals surface area contributed by atoms with E-state index in [4.69, 9.17) is 21.1 Å². The number of nitrogens with zero attached hydrogens (tertiary/aromatic N) is 3. The van der Waals surface area contributed by atoms with E-state index in [1.165, 1.54) is 7.11 Å². The van der Waals surface area contributed by atoms with Gasteiger partial charge in [-0.3, -0.25) is 0 Å². The quantitative estimate of drug-likeness (QED) is 0.679. The Labute approximate surface area is 143 Å². The fourth-order valence-electron chi connectivity index (χ4n) is 2.24. The molecule has 3 rings (SSSR count). The molecule has 0 radical (unpaired) electrons. The Balaban J connectivity index is 1.95. The first-order valence-electron chi connectivity index (χ1n) is 7.07. The van der Waals surface area contributed by atoms with E-state index in [1.807, 2.05) is 12.1 Å². The number of carbonyl (C=O) groups excluding carboxylic acids is 1. The first-order valence-corrected chi connectivity index (χ1v) is 7.45. The molecular weight excluding hydrogens is 330 g/mol. The van der Waals surface area contributed by atoms with Crippen molar-refractivity contribution in [3.63, 3.8) is 0 Å². The van der Waals surface area contributed by atoms with E-state index < -0.39 is 5.97 Å². The maximum absolute atomic E-state index is 11.6. The molecule has 1 heterocycles. The van der Waals surface area contributed by atoms with Gasteiger partial charge >= 0.3 is 5.97 Å². The number of methoxy groups -OCH3 is 2. The van der Waals surface area contributed by atoms with Crippen LogP contribution in [0.4, 0.5) is 0 Å². The fourth-order valence-corrected chi connectivity index (χ4v) is 2.50. The highest BCUT2D eigenvalue weighted by atomic mass is 35.5. The Morgan fingerprint density at radius 3 is 2.71 bits per heavy atom. The number of hydrogen-bond acceptors (Lipinski definition) is 5. The molecule has 3 aromatic rings. The van der Waals surface area contributed by atoms with Crippen LogP contribution in [-0.2, 0) is 4.74 Å². The molecule has 0 N–H and O–H groups in total. The number of carbonyl (C=O) groups is 1. The zero-order valence-electron chi connectivity index (χ0n) is 13.1. The molecule has 0 saturated carbocycles. The van der Waals surface area contributed by atoms with Gasteiger partial charge in [-0.15, -0.1) is 5.10 Å². The van der Waals surface area contributed by atoms with Gasteiger partial charge in [0.25, 0.3) is 0 Å². The third-order valence-corrected chi connectivity index (χ3v) is 3.79. The van der Waals surface area contributed by atoms with Crippen LogP contribution in [0.5, 0.6) is 5.75 Å². The molecule has 0 atom stereocenters. The zero-order valence-corrected chi connectivity index (χ0v) is 13.8.